The zero-order valence-electron chi connectivity index (χ0n) is 60.1. The van der Waals surface area contributed by atoms with Crippen LogP contribution >= 0.6 is 0 Å². The Hall–Kier alpha value is -10.3. The Morgan fingerprint density at radius 2 is 0.710 bits per heavy atom. The second kappa shape index (κ2) is 51.8. The van der Waals surface area contributed by atoms with Crippen molar-refractivity contribution in [2.24, 2.45) is 0 Å². The molecule has 1 saturated heterocycles. The van der Waals surface area contributed by atoms with Gasteiger partial charge in [0.2, 0.25) is 29.7 Å². The molecule has 6 amide bonds. The fourth-order valence-electron chi connectivity index (χ4n) is 11.4. The van der Waals surface area contributed by atoms with Crippen molar-refractivity contribution in [3.8, 4) is 0 Å². The molecule has 2 aromatic rings. The number of carbonyl (C=O) groups is 14. The Morgan fingerprint density at radius 3 is 1.13 bits per heavy atom. The highest BCUT2D eigenvalue weighted by atomic mass is 16.4. The summed E-state index contributed by atoms with van der Waals surface area (Å²) in [5.74, 6) is -12.3. The average Bonchev–Trinajstić information content (AvgIpc) is 0.846. The van der Waals surface area contributed by atoms with Crippen LogP contribution in [-0.2, 0) is 64.0 Å². The van der Waals surface area contributed by atoms with Crippen LogP contribution in [0.2, 0.25) is 0 Å². The van der Waals surface area contributed by atoms with Crippen molar-refractivity contribution in [1.29, 1.82) is 0 Å². The van der Waals surface area contributed by atoms with E-state index in [1.165, 1.54) is 0 Å². The summed E-state index contributed by atoms with van der Waals surface area (Å²) >= 11 is 0. The summed E-state index contributed by atoms with van der Waals surface area (Å²) in [6.07, 6.45) is 8.60. The van der Waals surface area contributed by atoms with E-state index < -0.39 is 141 Å². The van der Waals surface area contributed by atoms with Gasteiger partial charge in [0.25, 0.3) is 0 Å². The molecule has 1 aromatic heterocycles. The summed E-state index contributed by atoms with van der Waals surface area (Å²) in [5, 5.41) is 119. The number of rotatable bonds is 55. The van der Waals surface area contributed by atoms with E-state index in [2.05, 4.69) is 62.8 Å². The molecule has 2 heterocycles. The quantitative estimate of drug-likeness (QED) is 0.0419. The highest BCUT2D eigenvalue weighted by molar-refractivity contribution is 5.87. The summed E-state index contributed by atoms with van der Waals surface area (Å²) < 4.78 is 0. The average molecular weight is 1520 g/mol. The molecule has 0 spiro atoms. The first-order valence-corrected chi connectivity index (χ1v) is 35.8. The molecule has 5 atom stereocenters. The van der Waals surface area contributed by atoms with Crippen LogP contribution < -0.4 is 47.9 Å². The van der Waals surface area contributed by atoms with Gasteiger partial charge in [0.05, 0.1) is 26.2 Å². The molecule has 107 heavy (non-hydrogen) atoms. The van der Waals surface area contributed by atoms with Crippen LogP contribution in [0, 0.1) is 0 Å². The molecular formula is C67H106N16O24. The lowest BCUT2D eigenvalue weighted by molar-refractivity contribution is -0.142. The molecule has 1 unspecified atom stereocenters. The third kappa shape index (κ3) is 43.0. The van der Waals surface area contributed by atoms with Crippen molar-refractivity contribution in [2.75, 3.05) is 114 Å². The van der Waals surface area contributed by atoms with Gasteiger partial charge in [-0.25, -0.2) is 28.8 Å². The third-order valence-electron chi connectivity index (χ3n) is 17.1. The van der Waals surface area contributed by atoms with Gasteiger partial charge in [-0.2, -0.15) is 15.0 Å². The van der Waals surface area contributed by atoms with Crippen LogP contribution in [0.3, 0.4) is 0 Å². The number of aromatic nitrogens is 3. The van der Waals surface area contributed by atoms with Gasteiger partial charge >= 0.3 is 71.8 Å². The standard InChI is InChI=1S/C67H106N16O24/c84-51(68-28-14-7-8-16-47(59(98)99)73-66(106)75-49(61(102)103)24-26-53(86)87)18-9-3-1-5-12-30-70-63-77-64(71-31-13-6-2-4-10-19-52(85)69-29-15-11-17-48(60(100)101)74-67(107)76-50(62(104)105)25-27-54(88)89)79-65(78-63)72-45-22-20-44(21-23-45)38-46-39-82(42-57(94)95)35-34-80(40-55(90)91)32-33-81(41-56(92)93)36-37-83(46)43-58(96)97/h20-23,46-50H,1-19,24-43H2,(H,68,84)(H,69,85)(H,86,87)(H,88,89)(H,90,91)(H,92,93)(H,94,95)(H,96,97)(H,98,99)(H,100,101)(H,102,103)(H,104,105)(H2,73,75,106)(H2,74,76,107)(H3,70,71,72,77,78,79)/t46?,47-,48-,49-,50-/m0/s1. The van der Waals surface area contributed by atoms with E-state index in [-0.39, 0.29) is 121 Å². The van der Waals surface area contributed by atoms with E-state index in [9.17, 15) is 108 Å². The van der Waals surface area contributed by atoms with E-state index in [0.717, 1.165) is 56.9 Å². The number of urea groups is 2. The number of hydrogen-bond donors (Lipinski definition) is 19. The first-order chi connectivity index (χ1) is 50.9. The molecule has 19 N–H and O–H groups in total. The molecule has 40 nitrogen and oxygen atoms in total. The van der Waals surface area contributed by atoms with Gasteiger partial charge in [0.15, 0.2) is 0 Å². The zero-order chi connectivity index (χ0) is 79.1. The lowest BCUT2D eigenvalue weighted by Crippen LogP contribution is -2.53. The molecule has 0 bridgehead atoms. The van der Waals surface area contributed by atoms with Crippen LogP contribution in [0.4, 0.5) is 33.1 Å². The minimum Gasteiger partial charge on any atom is -0.481 e. The molecule has 3 rings (SSSR count). The van der Waals surface area contributed by atoms with Crippen molar-refractivity contribution in [3.05, 3.63) is 29.8 Å². The van der Waals surface area contributed by atoms with E-state index in [0.29, 0.717) is 76.7 Å². The minimum atomic E-state index is -1.54. The van der Waals surface area contributed by atoms with Crippen molar-refractivity contribution in [1.82, 2.24) is 66.5 Å². The predicted octanol–water partition coefficient (Wildman–Crippen LogP) is 1.70. The van der Waals surface area contributed by atoms with Crippen LogP contribution in [0.1, 0.15) is 153 Å². The number of aliphatic carboxylic acids is 10. The van der Waals surface area contributed by atoms with Gasteiger partial charge in [-0.05, 0) is 94.7 Å². The topological polar surface area (TPSA) is 601 Å². The maximum Gasteiger partial charge on any atom is 0.326 e. The van der Waals surface area contributed by atoms with Gasteiger partial charge in [-0.3, -0.25) is 58.0 Å². The maximum atomic E-state index is 12.6. The molecule has 1 fully saturated rings. The number of benzene rings is 1. The van der Waals surface area contributed by atoms with Crippen molar-refractivity contribution in [3.63, 3.8) is 0 Å². The largest absolute Gasteiger partial charge is 0.481 e. The zero-order valence-corrected chi connectivity index (χ0v) is 60.1. The normalized spacial score (nSPS) is 15.0. The summed E-state index contributed by atoms with van der Waals surface area (Å²) in [4.78, 5) is 186. The molecule has 1 aromatic carbocycles. The number of carbonyl (C=O) groups excluding carboxylic acids is 4. The molecule has 598 valence electrons. The van der Waals surface area contributed by atoms with E-state index >= 15 is 0 Å². The molecule has 0 aliphatic carbocycles. The predicted molar refractivity (Wildman–Crippen MR) is 382 cm³/mol. The SMILES string of the molecule is O=C(O)CC[C@H](NC(=O)N[C@@H](CCCCCNC(=O)CCCCCCCNc1nc(NCCCCCCCC(=O)NCCCC[C@H](NC(=O)N[C@@H](CCC(=O)O)C(=O)O)C(=O)O)nc(Nc2ccc(CC3CN(CC(=O)O)CCN(CC(=O)O)CCN(CC(=O)O)CCN3CC(=O)O)cc2)n1)C(=O)O)C(=O)O. The van der Waals surface area contributed by atoms with Gasteiger partial charge in [-0.15, -0.1) is 0 Å². The first kappa shape index (κ1) is 90.9. The molecule has 0 radical (unpaired) electrons. The fourth-order valence-corrected chi connectivity index (χ4v) is 11.4. The molecule has 40 heteroatoms. The monoisotopic (exact) mass is 1520 g/mol. The highest BCUT2D eigenvalue weighted by Crippen LogP contribution is 2.21. The summed E-state index contributed by atoms with van der Waals surface area (Å²) in [6.45, 7) is 0.923. The Kier molecular flexibility index (Phi) is 44.0. The van der Waals surface area contributed by atoms with E-state index in [1.807, 2.05) is 12.1 Å². The Labute approximate surface area is 617 Å². The molecule has 1 aliphatic rings. The summed E-state index contributed by atoms with van der Waals surface area (Å²) in [7, 11) is 0. The molecule has 1 aliphatic heterocycles. The lowest BCUT2D eigenvalue weighted by Gasteiger charge is -2.37. The smallest absolute Gasteiger partial charge is 0.326 e. The van der Waals surface area contributed by atoms with Crippen molar-refractivity contribution in [2.45, 2.75) is 184 Å². The summed E-state index contributed by atoms with van der Waals surface area (Å²) in [6, 6.07) is -1.30. The number of carboxylic acids is 10. The van der Waals surface area contributed by atoms with Crippen LogP contribution in [0.25, 0.3) is 0 Å². The van der Waals surface area contributed by atoms with Crippen molar-refractivity contribution >= 4 is 107 Å². The van der Waals surface area contributed by atoms with Crippen molar-refractivity contribution < 1.29 is 118 Å². The first-order valence-electron chi connectivity index (χ1n) is 35.8. The van der Waals surface area contributed by atoms with E-state index in [1.54, 1.807) is 31.7 Å². The number of carboxylic acid groups (broad SMARTS) is 10. The Bertz CT molecular complexity index is 3190. The third-order valence-corrected chi connectivity index (χ3v) is 17.1. The highest BCUT2D eigenvalue weighted by Gasteiger charge is 2.30. The van der Waals surface area contributed by atoms with E-state index in [4.69, 9.17) is 10.2 Å². The minimum absolute atomic E-state index is 0.0165. The molecule has 0 saturated carbocycles. The lowest BCUT2D eigenvalue weighted by atomic mass is 10.0. The number of unbranched alkanes of at least 4 members (excludes halogenated alkanes) is 11. The van der Waals surface area contributed by atoms with Gasteiger partial charge < -0.3 is 98.9 Å². The van der Waals surface area contributed by atoms with Gasteiger partial charge in [-0.1, -0.05) is 63.5 Å². The summed E-state index contributed by atoms with van der Waals surface area (Å²) in [5.41, 5.74) is 1.32. The number of hydrogen-bond acceptors (Lipinski definition) is 24. The number of nitrogens with zero attached hydrogens (tertiary/aromatic N) is 7. The second-order valence-electron chi connectivity index (χ2n) is 25.9. The number of nitrogens with one attached hydrogen (secondary N) is 9. The molecular weight excluding hydrogens is 1410 g/mol. The van der Waals surface area contributed by atoms with Gasteiger partial charge in [0.1, 0.15) is 24.2 Å². The van der Waals surface area contributed by atoms with Crippen LogP contribution in [0.5, 0.6) is 0 Å². The van der Waals surface area contributed by atoms with Crippen LogP contribution in [-0.4, -0.2) is 298 Å². The van der Waals surface area contributed by atoms with Gasteiger partial charge in [0, 0.05) is 109 Å². The fraction of sp³-hybridized carbons (Fsp3) is 0.657. The Balaban J connectivity index is 1.60. The second-order valence-corrected chi connectivity index (χ2v) is 25.9. The number of amides is 6. The van der Waals surface area contributed by atoms with Crippen LogP contribution in [0.15, 0.2) is 24.3 Å². The number of anilines is 4. The maximum absolute atomic E-state index is 12.6. The Morgan fingerprint density at radius 1 is 0.364 bits per heavy atom.